The minimum absolute atomic E-state index is 0.0471. The smallest absolute Gasteiger partial charge is 0.325 e. The molecular weight excluding hydrogens is 430 g/mol. The predicted molar refractivity (Wildman–Crippen MR) is 128 cm³/mol. The van der Waals surface area contributed by atoms with Crippen LogP contribution < -0.4 is 0 Å². The van der Waals surface area contributed by atoms with E-state index >= 15 is 0 Å². The van der Waals surface area contributed by atoms with Gasteiger partial charge in [-0.3, -0.25) is 9.78 Å². The van der Waals surface area contributed by atoms with Gasteiger partial charge in [0.05, 0.1) is 6.20 Å². The normalized spacial score (nSPS) is 12.8. The third kappa shape index (κ3) is 5.23. The third-order valence-electron chi connectivity index (χ3n) is 5.90. The Labute approximate surface area is 197 Å². The predicted octanol–water partition coefficient (Wildman–Crippen LogP) is 5.07. The Kier molecular flexibility index (Phi) is 6.87. The lowest BCUT2D eigenvalue weighted by atomic mass is 9.82. The number of rotatable bonds is 9. The average molecular weight is 456 g/mol. The highest BCUT2D eigenvalue weighted by Crippen LogP contribution is 2.37. The number of hydrogen-bond donors (Lipinski definition) is 1. The molecule has 2 heterocycles. The van der Waals surface area contributed by atoms with Gasteiger partial charge in [-0.05, 0) is 54.7 Å². The third-order valence-corrected chi connectivity index (χ3v) is 5.90. The lowest BCUT2D eigenvalue weighted by Crippen LogP contribution is -2.09. The van der Waals surface area contributed by atoms with Gasteiger partial charge in [0.1, 0.15) is 18.3 Å². The van der Waals surface area contributed by atoms with Gasteiger partial charge in [-0.25, -0.2) is 4.68 Å². The number of aryl methyl sites for hydroxylation is 2. The Balaban J connectivity index is 1.67. The molecule has 34 heavy (non-hydrogen) atoms. The van der Waals surface area contributed by atoms with Crippen LogP contribution in [0, 0.1) is 18.8 Å². The maximum absolute atomic E-state index is 11.9. The lowest BCUT2D eigenvalue weighted by Gasteiger charge is -2.23. The van der Waals surface area contributed by atoms with E-state index in [1.807, 2.05) is 55.5 Å². The Bertz CT molecular complexity index is 1300. The van der Waals surface area contributed by atoms with Gasteiger partial charge >= 0.3 is 5.97 Å². The molecule has 1 N–H and O–H groups in total. The minimum Gasteiger partial charge on any atom is -0.480 e. The van der Waals surface area contributed by atoms with Crippen molar-refractivity contribution in [3.05, 3.63) is 106 Å². The van der Waals surface area contributed by atoms with Crippen molar-refractivity contribution in [3.8, 4) is 11.3 Å². The number of carbonyl (C=O) groups is 1. The van der Waals surface area contributed by atoms with E-state index in [0.717, 1.165) is 33.5 Å². The van der Waals surface area contributed by atoms with Gasteiger partial charge in [-0.2, -0.15) is 4.91 Å². The molecule has 2 aromatic heterocycles. The summed E-state index contributed by atoms with van der Waals surface area (Å²) in [5.41, 5.74) is 6.46. The van der Waals surface area contributed by atoms with Crippen molar-refractivity contribution in [2.45, 2.75) is 38.8 Å². The van der Waals surface area contributed by atoms with Crippen LogP contribution in [0.15, 0.2) is 78.2 Å². The van der Waals surface area contributed by atoms with E-state index in [1.165, 1.54) is 4.68 Å². The SMILES string of the molecule is Cc1cc(C(CC(c2ccc(-c3cn(CC(=O)O)nn3)cc2)c2ccccc2C)N=O)ccn1. The van der Waals surface area contributed by atoms with Crippen LogP contribution in [0.25, 0.3) is 11.3 Å². The van der Waals surface area contributed by atoms with E-state index in [4.69, 9.17) is 5.11 Å². The highest BCUT2D eigenvalue weighted by Gasteiger charge is 2.23. The molecule has 0 spiro atoms. The summed E-state index contributed by atoms with van der Waals surface area (Å²) in [6.07, 6.45) is 3.84. The summed E-state index contributed by atoms with van der Waals surface area (Å²) in [4.78, 5) is 27.0. The zero-order valence-electron chi connectivity index (χ0n) is 19.0. The molecule has 0 aliphatic rings. The van der Waals surface area contributed by atoms with Crippen molar-refractivity contribution in [2.24, 2.45) is 5.18 Å². The summed E-state index contributed by atoms with van der Waals surface area (Å²) >= 11 is 0. The largest absolute Gasteiger partial charge is 0.480 e. The van der Waals surface area contributed by atoms with Crippen LogP contribution in [0.1, 0.15) is 46.3 Å². The zero-order valence-corrected chi connectivity index (χ0v) is 19.0. The van der Waals surface area contributed by atoms with E-state index in [1.54, 1.807) is 12.4 Å². The molecule has 0 bridgehead atoms. The maximum Gasteiger partial charge on any atom is 0.325 e. The quantitative estimate of drug-likeness (QED) is 0.353. The number of aromatic nitrogens is 4. The molecular formula is C26H25N5O3. The van der Waals surface area contributed by atoms with Crippen molar-refractivity contribution in [3.63, 3.8) is 0 Å². The summed E-state index contributed by atoms with van der Waals surface area (Å²) in [6, 6.07) is 19.3. The molecule has 0 aliphatic heterocycles. The highest BCUT2D eigenvalue weighted by atomic mass is 16.4. The number of pyridine rings is 1. The Morgan fingerprint density at radius 3 is 2.50 bits per heavy atom. The second-order valence-electron chi connectivity index (χ2n) is 8.31. The second-order valence-corrected chi connectivity index (χ2v) is 8.31. The molecule has 2 atom stereocenters. The van der Waals surface area contributed by atoms with Crippen LogP contribution >= 0.6 is 0 Å². The van der Waals surface area contributed by atoms with Crippen molar-refractivity contribution >= 4 is 5.97 Å². The van der Waals surface area contributed by atoms with Gasteiger partial charge in [0.25, 0.3) is 0 Å². The second kappa shape index (κ2) is 10.2. The van der Waals surface area contributed by atoms with Gasteiger partial charge in [0.2, 0.25) is 0 Å². The number of carboxylic acids is 1. The molecule has 4 aromatic rings. The fourth-order valence-corrected chi connectivity index (χ4v) is 4.19. The Hall–Kier alpha value is -4.20. The fourth-order valence-electron chi connectivity index (χ4n) is 4.19. The molecule has 2 aromatic carbocycles. The van der Waals surface area contributed by atoms with Crippen LogP contribution in [-0.4, -0.2) is 31.1 Å². The van der Waals surface area contributed by atoms with Crippen molar-refractivity contribution in [1.29, 1.82) is 0 Å². The summed E-state index contributed by atoms with van der Waals surface area (Å²) in [6.45, 7) is 3.72. The molecule has 8 nitrogen and oxygen atoms in total. The first-order valence-electron chi connectivity index (χ1n) is 11.0. The molecule has 0 radical (unpaired) electrons. The van der Waals surface area contributed by atoms with Crippen molar-refractivity contribution < 1.29 is 9.90 Å². The Morgan fingerprint density at radius 2 is 1.82 bits per heavy atom. The standard InChI is InChI=1S/C26H25N5O3/c1-17-5-3-4-6-22(17)23(14-24(29-34)21-11-12-27-18(2)13-21)19-7-9-20(10-8-19)25-15-31(30-28-25)16-26(32)33/h3-13,15,23-24H,14,16H2,1-2H3,(H,32,33). The zero-order chi connectivity index (χ0) is 24.1. The fraction of sp³-hybridized carbons (Fsp3) is 0.231. The van der Waals surface area contributed by atoms with E-state index in [-0.39, 0.29) is 12.5 Å². The van der Waals surface area contributed by atoms with E-state index in [0.29, 0.717) is 12.1 Å². The number of nitroso groups, excluding NO2 is 1. The van der Waals surface area contributed by atoms with Crippen LogP contribution in [0.4, 0.5) is 0 Å². The number of hydrogen-bond acceptors (Lipinski definition) is 6. The van der Waals surface area contributed by atoms with Gasteiger partial charge in [-0.1, -0.05) is 58.9 Å². The van der Waals surface area contributed by atoms with Gasteiger partial charge in [-0.15, -0.1) is 5.10 Å². The highest BCUT2D eigenvalue weighted by molar-refractivity contribution is 5.66. The molecule has 172 valence electrons. The number of nitrogens with zero attached hydrogens (tertiary/aromatic N) is 5. The Morgan fingerprint density at radius 1 is 1.06 bits per heavy atom. The first kappa shape index (κ1) is 23.0. The summed E-state index contributed by atoms with van der Waals surface area (Å²) in [7, 11) is 0. The summed E-state index contributed by atoms with van der Waals surface area (Å²) in [5.74, 6) is -1.02. The van der Waals surface area contributed by atoms with Gasteiger partial charge < -0.3 is 5.11 Å². The summed E-state index contributed by atoms with van der Waals surface area (Å²) in [5, 5.41) is 20.4. The van der Waals surface area contributed by atoms with Gasteiger partial charge in [0, 0.05) is 23.4 Å². The number of benzene rings is 2. The number of aliphatic carboxylic acids is 1. The molecule has 8 heteroatoms. The molecule has 4 rings (SSSR count). The molecule has 0 fully saturated rings. The molecule has 0 aliphatic carbocycles. The van der Waals surface area contributed by atoms with E-state index < -0.39 is 12.0 Å². The minimum atomic E-state index is -0.976. The maximum atomic E-state index is 11.9. The van der Waals surface area contributed by atoms with Crippen LogP contribution in [0.3, 0.4) is 0 Å². The van der Waals surface area contributed by atoms with Crippen LogP contribution in [-0.2, 0) is 11.3 Å². The summed E-state index contributed by atoms with van der Waals surface area (Å²) < 4.78 is 1.29. The topological polar surface area (TPSA) is 110 Å². The molecule has 2 unspecified atom stereocenters. The average Bonchev–Trinajstić information content (AvgIpc) is 3.28. The molecule has 0 saturated carbocycles. The lowest BCUT2D eigenvalue weighted by molar-refractivity contribution is -0.137. The van der Waals surface area contributed by atoms with Crippen LogP contribution in [0.5, 0.6) is 0 Å². The first-order chi connectivity index (χ1) is 16.4. The monoisotopic (exact) mass is 455 g/mol. The van der Waals surface area contributed by atoms with Crippen LogP contribution in [0.2, 0.25) is 0 Å². The van der Waals surface area contributed by atoms with Gasteiger partial charge in [0.15, 0.2) is 0 Å². The first-order valence-corrected chi connectivity index (χ1v) is 11.0. The molecule has 0 saturated heterocycles. The van der Waals surface area contributed by atoms with Crippen molar-refractivity contribution in [1.82, 2.24) is 20.0 Å². The van der Waals surface area contributed by atoms with E-state index in [2.05, 4.69) is 39.5 Å². The van der Waals surface area contributed by atoms with E-state index in [9.17, 15) is 9.70 Å². The van der Waals surface area contributed by atoms with Crippen molar-refractivity contribution in [2.75, 3.05) is 0 Å². The number of carboxylic acid groups (broad SMARTS) is 1. The molecule has 0 amide bonds.